The molecule has 0 heterocycles. The van der Waals surface area contributed by atoms with Gasteiger partial charge in [-0.05, 0) is 55.3 Å². The SMILES string of the molecule is Cc1ccc(SC(Cc2ccc(Oc3ccccc3)cc2)C(=O)O)cc1. The summed E-state index contributed by atoms with van der Waals surface area (Å²) in [7, 11) is 0. The van der Waals surface area contributed by atoms with Crippen LogP contribution in [0.1, 0.15) is 11.1 Å². The predicted octanol–water partition coefficient (Wildman–Crippen LogP) is 5.58. The number of rotatable bonds is 7. The number of carbonyl (C=O) groups is 1. The molecule has 0 saturated carbocycles. The lowest BCUT2D eigenvalue weighted by Crippen LogP contribution is -2.19. The Labute approximate surface area is 157 Å². The zero-order chi connectivity index (χ0) is 18.4. The van der Waals surface area contributed by atoms with Crippen LogP contribution in [0, 0.1) is 6.92 Å². The molecule has 3 rings (SSSR count). The van der Waals surface area contributed by atoms with Crippen LogP contribution in [0.3, 0.4) is 0 Å². The van der Waals surface area contributed by atoms with Gasteiger partial charge in [0.1, 0.15) is 16.7 Å². The number of carboxylic acids is 1. The van der Waals surface area contributed by atoms with E-state index in [0.29, 0.717) is 6.42 Å². The van der Waals surface area contributed by atoms with Crippen LogP contribution in [-0.2, 0) is 11.2 Å². The minimum Gasteiger partial charge on any atom is -0.480 e. The number of para-hydroxylation sites is 1. The standard InChI is InChI=1S/C22H20O3S/c1-16-7-13-20(14-8-16)26-21(22(23)24)15-17-9-11-19(12-10-17)25-18-5-3-2-4-6-18/h2-14,21H,15H2,1H3,(H,23,24). The van der Waals surface area contributed by atoms with Gasteiger partial charge < -0.3 is 9.84 Å². The van der Waals surface area contributed by atoms with Crippen molar-refractivity contribution in [1.82, 2.24) is 0 Å². The van der Waals surface area contributed by atoms with Crippen LogP contribution in [0.2, 0.25) is 0 Å². The van der Waals surface area contributed by atoms with Crippen molar-refractivity contribution >= 4 is 17.7 Å². The van der Waals surface area contributed by atoms with Gasteiger partial charge in [0.25, 0.3) is 0 Å². The van der Waals surface area contributed by atoms with Crippen molar-refractivity contribution in [1.29, 1.82) is 0 Å². The molecule has 0 amide bonds. The van der Waals surface area contributed by atoms with Crippen LogP contribution in [-0.4, -0.2) is 16.3 Å². The predicted molar refractivity (Wildman–Crippen MR) is 105 cm³/mol. The van der Waals surface area contributed by atoms with Crippen molar-refractivity contribution in [2.45, 2.75) is 23.5 Å². The molecule has 0 aromatic heterocycles. The van der Waals surface area contributed by atoms with Gasteiger partial charge in [-0.2, -0.15) is 0 Å². The summed E-state index contributed by atoms with van der Waals surface area (Å²) in [5.41, 5.74) is 2.13. The molecule has 0 aliphatic rings. The minimum atomic E-state index is -0.805. The maximum Gasteiger partial charge on any atom is 0.317 e. The average Bonchev–Trinajstić information content (AvgIpc) is 2.65. The van der Waals surface area contributed by atoms with E-state index in [2.05, 4.69) is 0 Å². The Morgan fingerprint density at radius 1 is 0.923 bits per heavy atom. The maximum absolute atomic E-state index is 11.6. The Balaban J connectivity index is 1.65. The highest BCUT2D eigenvalue weighted by Crippen LogP contribution is 2.28. The second kappa shape index (κ2) is 8.59. The van der Waals surface area contributed by atoms with Crippen molar-refractivity contribution in [2.75, 3.05) is 0 Å². The molecular weight excluding hydrogens is 344 g/mol. The number of aryl methyl sites for hydroxylation is 1. The van der Waals surface area contributed by atoms with Crippen LogP contribution < -0.4 is 4.74 Å². The van der Waals surface area contributed by atoms with E-state index >= 15 is 0 Å². The fraction of sp³-hybridized carbons (Fsp3) is 0.136. The van der Waals surface area contributed by atoms with E-state index in [-0.39, 0.29) is 0 Å². The summed E-state index contributed by atoms with van der Waals surface area (Å²) in [6.45, 7) is 2.02. The normalized spacial score (nSPS) is 11.7. The maximum atomic E-state index is 11.6. The number of hydrogen-bond acceptors (Lipinski definition) is 3. The second-order valence-corrected chi connectivity index (χ2v) is 7.30. The summed E-state index contributed by atoms with van der Waals surface area (Å²) < 4.78 is 5.77. The molecular formula is C22H20O3S. The Morgan fingerprint density at radius 3 is 2.15 bits per heavy atom. The molecule has 0 fully saturated rings. The molecule has 1 atom stereocenters. The number of carboxylic acid groups (broad SMARTS) is 1. The van der Waals surface area contributed by atoms with E-state index < -0.39 is 11.2 Å². The molecule has 3 nitrogen and oxygen atoms in total. The topological polar surface area (TPSA) is 46.5 Å². The first kappa shape index (κ1) is 18.1. The third-order valence-corrected chi connectivity index (χ3v) is 5.10. The highest BCUT2D eigenvalue weighted by molar-refractivity contribution is 8.00. The Bertz CT molecular complexity index is 843. The lowest BCUT2D eigenvalue weighted by Gasteiger charge is -2.13. The summed E-state index contributed by atoms with van der Waals surface area (Å²) in [5, 5.41) is 9.03. The van der Waals surface area contributed by atoms with Crippen LogP contribution in [0.4, 0.5) is 0 Å². The lowest BCUT2D eigenvalue weighted by atomic mass is 10.1. The van der Waals surface area contributed by atoms with Gasteiger partial charge in [0.2, 0.25) is 0 Å². The number of benzene rings is 3. The van der Waals surface area contributed by atoms with Crippen LogP contribution in [0.5, 0.6) is 11.5 Å². The highest BCUT2D eigenvalue weighted by Gasteiger charge is 2.19. The molecule has 132 valence electrons. The van der Waals surface area contributed by atoms with Crippen molar-refractivity contribution in [3.8, 4) is 11.5 Å². The van der Waals surface area contributed by atoms with E-state index in [1.165, 1.54) is 11.8 Å². The fourth-order valence-electron chi connectivity index (χ4n) is 2.49. The van der Waals surface area contributed by atoms with Crippen molar-refractivity contribution < 1.29 is 14.6 Å². The molecule has 26 heavy (non-hydrogen) atoms. The van der Waals surface area contributed by atoms with E-state index in [1.807, 2.05) is 85.8 Å². The van der Waals surface area contributed by atoms with Crippen molar-refractivity contribution in [2.24, 2.45) is 0 Å². The number of hydrogen-bond donors (Lipinski definition) is 1. The first-order chi connectivity index (χ1) is 12.6. The molecule has 3 aromatic rings. The number of thioether (sulfide) groups is 1. The number of aliphatic carboxylic acids is 1. The molecule has 1 unspecified atom stereocenters. The monoisotopic (exact) mass is 364 g/mol. The summed E-state index contributed by atoms with van der Waals surface area (Å²) in [6.07, 6.45) is 0.458. The zero-order valence-corrected chi connectivity index (χ0v) is 15.3. The summed E-state index contributed by atoms with van der Waals surface area (Å²) in [6, 6.07) is 25.1. The Hall–Kier alpha value is -2.72. The molecule has 3 aromatic carbocycles. The van der Waals surface area contributed by atoms with Crippen LogP contribution in [0.25, 0.3) is 0 Å². The summed E-state index contributed by atoms with van der Waals surface area (Å²) in [4.78, 5) is 12.6. The zero-order valence-electron chi connectivity index (χ0n) is 14.5. The van der Waals surface area contributed by atoms with Gasteiger partial charge in [-0.1, -0.05) is 48.0 Å². The molecule has 0 aliphatic carbocycles. The van der Waals surface area contributed by atoms with E-state index in [1.54, 1.807) is 0 Å². The largest absolute Gasteiger partial charge is 0.480 e. The van der Waals surface area contributed by atoms with Gasteiger partial charge in [-0.3, -0.25) is 4.79 Å². The molecule has 0 aliphatic heterocycles. The third kappa shape index (κ3) is 5.14. The van der Waals surface area contributed by atoms with Gasteiger partial charge >= 0.3 is 5.97 Å². The van der Waals surface area contributed by atoms with Gasteiger partial charge in [-0.15, -0.1) is 11.8 Å². The lowest BCUT2D eigenvalue weighted by molar-refractivity contribution is -0.136. The number of ether oxygens (including phenoxy) is 1. The third-order valence-electron chi connectivity index (χ3n) is 3.90. The summed E-state index contributed by atoms with van der Waals surface area (Å²) >= 11 is 1.38. The molecule has 1 N–H and O–H groups in total. The Morgan fingerprint density at radius 2 is 1.54 bits per heavy atom. The van der Waals surface area contributed by atoms with E-state index in [4.69, 9.17) is 4.74 Å². The van der Waals surface area contributed by atoms with Gasteiger partial charge in [0.15, 0.2) is 0 Å². The van der Waals surface area contributed by atoms with Gasteiger partial charge in [0, 0.05) is 4.90 Å². The molecule has 0 spiro atoms. The average molecular weight is 364 g/mol. The first-order valence-electron chi connectivity index (χ1n) is 8.38. The minimum absolute atomic E-state index is 0.458. The smallest absolute Gasteiger partial charge is 0.317 e. The van der Waals surface area contributed by atoms with Gasteiger partial charge in [0.05, 0.1) is 0 Å². The van der Waals surface area contributed by atoms with Crippen molar-refractivity contribution in [3.63, 3.8) is 0 Å². The molecule has 0 saturated heterocycles. The molecule has 4 heteroatoms. The molecule has 0 bridgehead atoms. The van der Waals surface area contributed by atoms with Crippen molar-refractivity contribution in [3.05, 3.63) is 90.0 Å². The summed E-state index contributed by atoms with van der Waals surface area (Å²) in [5.74, 6) is 0.705. The van der Waals surface area contributed by atoms with Crippen LogP contribution in [0.15, 0.2) is 83.8 Å². The van der Waals surface area contributed by atoms with Gasteiger partial charge in [-0.25, -0.2) is 0 Å². The fourth-order valence-corrected chi connectivity index (χ4v) is 3.49. The van der Waals surface area contributed by atoms with Crippen LogP contribution >= 0.6 is 11.8 Å². The molecule has 0 radical (unpaired) electrons. The second-order valence-electron chi connectivity index (χ2n) is 6.02. The Kier molecular flexibility index (Phi) is 5.97. The van der Waals surface area contributed by atoms with E-state index in [0.717, 1.165) is 27.5 Å². The highest BCUT2D eigenvalue weighted by atomic mass is 32.2. The van der Waals surface area contributed by atoms with E-state index in [9.17, 15) is 9.90 Å². The first-order valence-corrected chi connectivity index (χ1v) is 9.26. The quantitative estimate of drug-likeness (QED) is 0.556.